The first-order chi connectivity index (χ1) is 77.2. The van der Waals surface area contributed by atoms with Crippen LogP contribution in [0.4, 0.5) is 0 Å². The van der Waals surface area contributed by atoms with E-state index in [0.717, 1.165) is 138 Å². The normalized spacial score (nSPS) is 14.7. The quantitative estimate of drug-likeness (QED) is 0.128. The molecule has 0 atom stereocenters. The molecule has 0 amide bonds. The molecule has 0 aliphatic heterocycles. The smallest absolute Gasteiger partial charge is 0.136 e. The largest absolute Gasteiger partial charge is 0.456 e. The maximum atomic E-state index is 9.39. The zero-order valence-corrected chi connectivity index (χ0v) is 73.1. The highest BCUT2D eigenvalue weighted by Gasteiger charge is 2.36. The molecule has 24 aromatic carbocycles. The van der Waals surface area contributed by atoms with Crippen LogP contribution >= 0.6 is 0 Å². The van der Waals surface area contributed by atoms with E-state index in [-0.39, 0.29) is 143 Å². The molecule has 1 aliphatic carbocycles. The molecule has 636 valence electrons. The summed E-state index contributed by atoms with van der Waals surface area (Å²) in [4.78, 5) is 0. The molecule has 0 fully saturated rings. The Hall–Kier alpha value is -17.5. The van der Waals surface area contributed by atoms with Crippen LogP contribution < -0.4 is 0 Å². The molecule has 0 spiro atoms. The van der Waals surface area contributed by atoms with Gasteiger partial charge < -0.3 is 13.3 Å². The Labute approximate surface area is 820 Å². The van der Waals surface area contributed by atoms with Crippen molar-refractivity contribution in [3.05, 3.63) is 496 Å². The second-order valence-corrected chi connectivity index (χ2v) is 34.7. The summed E-state index contributed by atoms with van der Waals surface area (Å²) in [6, 6.07) is 100. The van der Waals surface area contributed by atoms with Gasteiger partial charge in [-0.1, -0.05) is 450 Å². The van der Waals surface area contributed by atoms with Crippen LogP contribution in [0, 0.1) is 0 Å². The molecule has 3 heteroatoms. The maximum Gasteiger partial charge on any atom is 0.136 e. The van der Waals surface area contributed by atoms with Gasteiger partial charge in [0.05, 0.1) is 32.9 Å². The van der Waals surface area contributed by atoms with Crippen molar-refractivity contribution in [2.45, 2.75) is 19.3 Å². The number of rotatable bonds is 10. The average molecular weight is 1760 g/mol. The molecule has 27 aromatic rings. The highest BCUT2D eigenvalue weighted by Crippen LogP contribution is 2.54. The van der Waals surface area contributed by atoms with Crippen molar-refractivity contribution >= 4 is 141 Å². The van der Waals surface area contributed by atoms with Crippen LogP contribution in [0.15, 0.2) is 498 Å². The summed E-state index contributed by atoms with van der Waals surface area (Å²) in [5.41, 5.74) is 21.4. The fourth-order valence-corrected chi connectivity index (χ4v) is 20.9. The highest BCUT2D eigenvalue weighted by atomic mass is 16.3. The molecular weight excluding hydrogens is 1650 g/mol. The third kappa shape index (κ3) is 13.1. The van der Waals surface area contributed by atoms with E-state index in [9.17, 15) is 16.4 Å². The molecule has 1 aliphatic rings. The van der Waals surface area contributed by atoms with E-state index in [1.807, 2.05) is 328 Å². The highest BCUT2D eigenvalue weighted by molar-refractivity contribution is 6.27. The van der Waals surface area contributed by atoms with Gasteiger partial charge in [0.15, 0.2) is 0 Å². The number of furan rings is 3. The Balaban J connectivity index is 0.000000119. The first-order valence-electron chi connectivity index (χ1n) is 57.0. The van der Waals surface area contributed by atoms with Gasteiger partial charge in [-0.2, -0.15) is 0 Å². The standard InChI is InChI=1S/C47H32O.C44H28O.C42H26O/c1-47(2)40-19-9-7-12-33(40)39-28-31(26-27-41(39)47)45-36-15-5-3-13-34(36)44(35-14-4-6-16-37(35)45)30-24-22-29(23-25-30)32-18-11-21-43-46(32)38-17-8-10-20-42(38)48-43;1-2-12-29(13-3-1)32-14-10-15-33(28-32)43-37-18-6-4-16-35(37)42(36-17-5-7-19-38(36)43)31-26-24-30(25-27-31)34-21-11-23-41-44(34)39-20-8-9-22-40(39)45-41;1-2-13-30-27(11-1)12-9-20-32(30)41-35-16-5-3-14-33(35)40(34-15-4-6-17-36(34)41)29-25-23-28(24-26-29)31-19-10-22-39-42(31)37-18-7-8-21-38(37)43-39/h3-28H,1-2H3;1-28H;1-26H/i3D,4D,5D,6D,13D,14D,15D,16D;4D,5D,6D,7D,16D,17D,18D,19D;3D,4D,5D,6D,14D,15D,16D,17D. The van der Waals surface area contributed by atoms with Gasteiger partial charge in [0.25, 0.3) is 0 Å². The fourth-order valence-electron chi connectivity index (χ4n) is 20.9. The molecule has 136 heavy (non-hydrogen) atoms. The zero-order chi connectivity index (χ0) is 111. The third-order valence-electron chi connectivity index (χ3n) is 27.0. The molecule has 0 N–H and O–H groups in total. The number of hydrogen-bond acceptors (Lipinski definition) is 3. The minimum absolute atomic E-state index is 0.185. The molecule has 3 nitrogen and oxygen atoms in total. The molecule has 0 saturated carbocycles. The Morgan fingerprint density at radius 3 is 0.846 bits per heavy atom. The summed E-state index contributed by atoms with van der Waals surface area (Å²) in [5.74, 6) is 0. The van der Waals surface area contributed by atoms with E-state index in [2.05, 4.69) is 26.0 Å². The predicted octanol–water partition coefficient (Wildman–Crippen LogP) is 37.8. The summed E-state index contributed by atoms with van der Waals surface area (Å²) in [5, 5.41) is 9.87. The zero-order valence-electron chi connectivity index (χ0n) is 97.1. The lowest BCUT2D eigenvalue weighted by Gasteiger charge is -2.22. The Morgan fingerprint density at radius 2 is 0.434 bits per heavy atom. The second kappa shape index (κ2) is 32.5. The number of fused-ring (bicyclic) bond motifs is 19. The van der Waals surface area contributed by atoms with Crippen molar-refractivity contribution in [2.24, 2.45) is 0 Å². The molecular formula is C133H86O3. The SMILES string of the molecule is [2H]c1c([2H])c([2H])c2c(-c3ccc4c(c3)-c3ccccc3C4(C)C)c3c([2H])c([2H])c([2H])c([2H])c3c(-c3ccc(-c4cccc5oc6ccccc6c45)cc3)c2c1[2H].[2H]c1c([2H])c([2H])c2c(-c3cccc(-c4ccccc4)c3)c3c([2H])c([2H])c([2H])c([2H])c3c(-c3ccc(-c4cccc5oc6ccccc6c45)cc3)c2c1[2H].[2H]c1c([2H])c([2H])c2c(-c3cccc4ccccc34)c3c([2H])c([2H])c([2H])c([2H])c3c(-c3ccc(-c4cccc5oc6ccccc6c45)cc3)c2c1[2H]. The van der Waals surface area contributed by atoms with Crippen molar-refractivity contribution in [3.63, 3.8) is 0 Å². The van der Waals surface area contributed by atoms with Crippen LogP contribution in [0.5, 0.6) is 0 Å². The van der Waals surface area contributed by atoms with Gasteiger partial charge in [-0.25, -0.2) is 0 Å². The summed E-state index contributed by atoms with van der Waals surface area (Å²) < 4.78 is 235. The van der Waals surface area contributed by atoms with E-state index in [1.54, 1.807) is 0 Å². The minimum Gasteiger partial charge on any atom is -0.456 e. The molecule has 0 saturated heterocycles. The van der Waals surface area contributed by atoms with Gasteiger partial charge in [0, 0.05) is 37.7 Å². The number of benzene rings is 24. The lowest BCUT2D eigenvalue weighted by molar-refractivity contribution is 0.660. The van der Waals surface area contributed by atoms with E-state index < -0.39 is 72.5 Å². The lowest BCUT2D eigenvalue weighted by Crippen LogP contribution is -2.14. The van der Waals surface area contributed by atoms with Crippen LogP contribution in [-0.2, 0) is 5.41 Å². The van der Waals surface area contributed by atoms with Crippen molar-refractivity contribution < 1.29 is 46.1 Å². The van der Waals surface area contributed by atoms with Gasteiger partial charge >= 0.3 is 0 Å². The molecule has 0 unspecified atom stereocenters. The van der Waals surface area contributed by atoms with Crippen molar-refractivity contribution in [1.82, 2.24) is 0 Å². The predicted molar refractivity (Wildman–Crippen MR) is 576 cm³/mol. The van der Waals surface area contributed by atoms with E-state index in [1.165, 1.54) is 5.56 Å². The van der Waals surface area contributed by atoms with Gasteiger partial charge in [0.1, 0.15) is 33.5 Å². The Morgan fingerprint density at radius 1 is 0.169 bits per heavy atom. The topological polar surface area (TPSA) is 39.4 Å². The van der Waals surface area contributed by atoms with Crippen LogP contribution in [0.3, 0.4) is 0 Å². The van der Waals surface area contributed by atoms with E-state index >= 15 is 0 Å². The van der Waals surface area contributed by atoms with Gasteiger partial charge in [-0.3, -0.25) is 0 Å². The molecule has 0 bridgehead atoms. The molecule has 0 radical (unpaired) electrons. The summed E-state index contributed by atoms with van der Waals surface area (Å²) in [6.07, 6.45) is 0. The van der Waals surface area contributed by atoms with Gasteiger partial charge in [-0.05, 0) is 257 Å². The van der Waals surface area contributed by atoms with Crippen LogP contribution in [-0.4, -0.2) is 0 Å². The van der Waals surface area contributed by atoms with Gasteiger partial charge in [0.2, 0.25) is 0 Å². The van der Waals surface area contributed by atoms with Crippen LogP contribution in [0.2, 0.25) is 0 Å². The van der Waals surface area contributed by atoms with Crippen LogP contribution in [0.1, 0.15) is 57.9 Å². The minimum atomic E-state index is -0.428. The Bertz CT molecular complexity index is 10800. The van der Waals surface area contributed by atoms with Crippen molar-refractivity contribution in [2.75, 3.05) is 0 Å². The number of para-hydroxylation sites is 3. The van der Waals surface area contributed by atoms with Gasteiger partial charge in [-0.15, -0.1) is 0 Å². The summed E-state index contributed by atoms with van der Waals surface area (Å²) in [7, 11) is 0. The molecule has 3 aromatic heterocycles. The van der Waals surface area contributed by atoms with E-state index in [0.29, 0.717) is 66.8 Å². The number of hydrogen-bond donors (Lipinski definition) is 0. The molecule has 28 rings (SSSR count). The van der Waals surface area contributed by atoms with E-state index in [4.69, 9.17) is 29.7 Å². The summed E-state index contributed by atoms with van der Waals surface area (Å²) in [6.45, 7) is 4.35. The lowest BCUT2D eigenvalue weighted by atomic mass is 9.81. The fraction of sp³-hybridized carbons (Fsp3) is 0.0226. The first-order valence-corrected chi connectivity index (χ1v) is 45.0. The Kier molecular flexibility index (Phi) is 13.9. The third-order valence-corrected chi connectivity index (χ3v) is 27.0. The maximum absolute atomic E-state index is 9.39. The first kappa shape index (κ1) is 58.3. The summed E-state index contributed by atoms with van der Waals surface area (Å²) >= 11 is 0. The molecule has 3 heterocycles. The van der Waals surface area contributed by atoms with Crippen LogP contribution in [0.25, 0.3) is 264 Å². The van der Waals surface area contributed by atoms with Crippen molar-refractivity contribution in [1.29, 1.82) is 0 Å². The average Bonchev–Trinajstić information content (AvgIpc) is 0.999. The van der Waals surface area contributed by atoms with Crippen molar-refractivity contribution in [3.8, 4) is 122 Å². The second-order valence-electron chi connectivity index (χ2n) is 34.7. The monoisotopic (exact) mass is 1750 g/mol.